The Morgan fingerprint density at radius 2 is 2.08 bits per heavy atom. The number of H-pyrrole nitrogens is 1. The zero-order valence-electron chi connectivity index (χ0n) is 13.4. The highest BCUT2D eigenvalue weighted by Crippen LogP contribution is 2.14. The number of hydrogen-bond acceptors (Lipinski definition) is 5. The number of amides is 1. The third kappa shape index (κ3) is 5.02. The number of hydrogen-bond donors (Lipinski definition) is 2. The lowest BCUT2D eigenvalue weighted by Gasteiger charge is -2.08. The van der Waals surface area contributed by atoms with Crippen molar-refractivity contribution in [1.82, 2.24) is 9.97 Å². The molecule has 6 nitrogen and oxygen atoms in total. The Hall–Kier alpha value is -2.93. The molecule has 0 bridgehead atoms. The zero-order valence-corrected chi connectivity index (χ0v) is 14.2. The molecule has 0 spiro atoms. The first-order valence-electron chi connectivity index (χ1n) is 7.82. The van der Waals surface area contributed by atoms with Gasteiger partial charge in [-0.15, -0.1) is 11.3 Å². The highest BCUT2D eigenvalue weighted by atomic mass is 32.1. The molecule has 1 amide bonds. The van der Waals surface area contributed by atoms with Gasteiger partial charge in [-0.05, 0) is 18.4 Å². The highest BCUT2D eigenvalue weighted by molar-refractivity contribution is 7.13. The summed E-state index contributed by atoms with van der Waals surface area (Å²) in [7, 11) is 0. The van der Waals surface area contributed by atoms with E-state index in [1.54, 1.807) is 11.6 Å². The fourth-order valence-electron chi connectivity index (χ4n) is 2.28. The Balaban J connectivity index is 1.57. The van der Waals surface area contributed by atoms with Gasteiger partial charge < -0.3 is 4.74 Å². The van der Waals surface area contributed by atoms with Crippen molar-refractivity contribution in [3.8, 4) is 5.88 Å². The van der Waals surface area contributed by atoms with Gasteiger partial charge in [-0.1, -0.05) is 30.3 Å². The van der Waals surface area contributed by atoms with E-state index >= 15 is 0 Å². The maximum atomic E-state index is 12.2. The van der Waals surface area contributed by atoms with Crippen LogP contribution in [0.1, 0.15) is 22.3 Å². The number of aryl methyl sites for hydroxylation is 1. The fraction of sp³-hybridized carbons (Fsp3) is 0.167. The molecule has 0 saturated heterocycles. The molecule has 0 fully saturated rings. The zero-order chi connectivity index (χ0) is 17.5. The number of benzene rings is 1. The van der Waals surface area contributed by atoms with Gasteiger partial charge in [0.2, 0.25) is 0 Å². The van der Waals surface area contributed by atoms with Gasteiger partial charge in [0.1, 0.15) is 0 Å². The molecule has 128 valence electrons. The first-order chi connectivity index (χ1) is 12.2. The number of thiazole rings is 1. The van der Waals surface area contributed by atoms with Crippen LogP contribution >= 0.6 is 11.3 Å². The molecular formula is C18H17N3O3S. The Kier molecular flexibility index (Phi) is 5.58. The molecule has 3 aromatic rings. The van der Waals surface area contributed by atoms with Crippen molar-refractivity contribution in [2.75, 3.05) is 11.9 Å². The van der Waals surface area contributed by atoms with Crippen LogP contribution in [0.3, 0.4) is 0 Å². The molecule has 0 aliphatic rings. The lowest BCUT2D eigenvalue weighted by atomic mass is 10.1. The Labute approximate surface area is 148 Å². The van der Waals surface area contributed by atoms with Gasteiger partial charge in [0.25, 0.3) is 11.5 Å². The van der Waals surface area contributed by atoms with Gasteiger partial charge in [0.05, 0.1) is 12.2 Å². The summed E-state index contributed by atoms with van der Waals surface area (Å²) in [5, 5.41) is 4.88. The first kappa shape index (κ1) is 16.9. The van der Waals surface area contributed by atoms with Crippen LogP contribution in [-0.2, 0) is 6.42 Å². The lowest BCUT2D eigenvalue weighted by Crippen LogP contribution is -2.17. The molecule has 1 aromatic carbocycles. The summed E-state index contributed by atoms with van der Waals surface area (Å²) in [5.41, 5.74) is 1.08. The van der Waals surface area contributed by atoms with Crippen LogP contribution in [0.15, 0.2) is 58.8 Å². The predicted octanol–water partition coefficient (Wildman–Crippen LogP) is 3.10. The number of nitrogens with zero attached hydrogens (tertiary/aromatic N) is 1. The molecule has 2 N–H and O–H groups in total. The minimum atomic E-state index is -0.393. The number of aromatic nitrogens is 2. The number of pyridine rings is 1. The maximum Gasteiger partial charge on any atom is 0.257 e. The van der Waals surface area contributed by atoms with Gasteiger partial charge in [-0.3, -0.25) is 19.9 Å². The van der Waals surface area contributed by atoms with Crippen molar-refractivity contribution >= 4 is 22.4 Å². The second-order valence-electron chi connectivity index (χ2n) is 5.33. The highest BCUT2D eigenvalue weighted by Gasteiger charge is 2.10. The summed E-state index contributed by atoms with van der Waals surface area (Å²) in [6.45, 7) is 0.447. The van der Waals surface area contributed by atoms with Gasteiger partial charge in [-0.2, -0.15) is 0 Å². The number of carbonyl (C=O) groups is 1. The minimum absolute atomic E-state index is 0.233. The molecular weight excluding hydrogens is 338 g/mol. The lowest BCUT2D eigenvalue weighted by molar-refractivity contribution is 0.102. The summed E-state index contributed by atoms with van der Waals surface area (Å²) in [4.78, 5) is 30.5. The maximum absolute atomic E-state index is 12.2. The number of aromatic amines is 1. The molecule has 0 aliphatic carbocycles. The van der Waals surface area contributed by atoms with Gasteiger partial charge >= 0.3 is 0 Å². The van der Waals surface area contributed by atoms with E-state index in [9.17, 15) is 9.59 Å². The molecule has 2 heterocycles. The van der Waals surface area contributed by atoms with Gasteiger partial charge in [0, 0.05) is 23.7 Å². The van der Waals surface area contributed by atoms with E-state index in [-0.39, 0.29) is 17.0 Å². The van der Waals surface area contributed by atoms with E-state index in [1.807, 2.05) is 18.2 Å². The topological polar surface area (TPSA) is 84.1 Å². The molecule has 0 atom stereocenters. The minimum Gasteiger partial charge on any atom is -0.479 e. The monoisotopic (exact) mass is 355 g/mol. The summed E-state index contributed by atoms with van der Waals surface area (Å²) in [6.07, 6.45) is 3.29. The van der Waals surface area contributed by atoms with Crippen LogP contribution < -0.4 is 15.6 Å². The van der Waals surface area contributed by atoms with Crippen LogP contribution in [0.5, 0.6) is 5.88 Å². The Bertz CT molecular complexity index is 876. The van der Waals surface area contributed by atoms with Crippen molar-refractivity contribution in [2.45, 2.75) is 12.8 Å². The third-order valence-corrected chi connectivity index (χ3v) is 4.13. The van der Waals surface area contributed by atoms with E-state index in [1.165, 1.54) is 29.0 Å². The second kappa shape index (κ2) is 8.25. The number of nitrogens with one attached hydrogen (secondary N) is 2. The molecule has 0 aliphatic heterocycles. The van der Waals surface area contributed by atoms with Crippen molar-refractivity contribution in [3.63, 3.8) is 0 Å². The second-order valence-corrected chi connectivity index (χ2v) is 6.22. The largest absolute Gasteiger partial charge is 0.479 e. The van der Waals surface area contributed by atoms with Crippen molar-refractivity contribution in [3.05, 3.63) is 75.5 Å². The first-order valence-corrected chi connectivity index (χ1v) is 8.70. The van der Waals surface area contributed by atoms with E-state index in [0.29, 0.717) is 11.7 Å². The molecule has 7 heteroatoms. The Morgan fingerprint density at radius 3 is 2.84 bits per heavy atom. The number of rotatable bonds is 7. The van der Waals surface area contributed by atoms with Crippen LogP contribution in [0.25, 0.3) is 0 Å². The number of carbonyl (C=O) groups excluding carboxylic acids is 1. The van der Waals surface area contributed by atoms with Crippen molar-refractivity contribution in [2.24, 2.45) is 0 Å². The van der Waals surface area contributed by atoms with E-state index in [2.05, 4.69) is 27.4 Å². The normalized spacial score (nSPS) is 10.4. The molecule has 3 rings (SSSR count). The molecule has 2 aromatic heterocycles. The Morgan fingerprint density at radius 1 is 1.24 bits per heavy atom. The molecule has 0 saturated carbocycles. The van der Waals surface area contributed by atoms with E-state index in [4.69, 9.17) is 4.74 Å². The van der Waals surface area contributed by atoms with Crippen molar-refractivity contribution in [1.29, 1.82) is 0 Å². The summed E-state index contributed by atoms with van der Waals surface area (Å²) >= 11 is 1.31. The van der Waals surface area contributed by atoms with Crippen LogP contribution in [-0.4, -0.2) is 22.5 Å². The van der Waals surface area contributed by atoms with E-state index in [0.717, 1.165) is 12.8 Å². The van der Waals surface area contributed by atoms with Crippen LogP contribution in [0.2, 0.25) is 0 Å². The standard InChI is InChI=1S/C18H17N3O3S/c22-15-11-14(17(23)21-18-19-8-10-25-18)12-16(20-15)24-9-4-7-13-5-2-1-3-6-13/h1-3,5-6,8,10-12H,4,7,9H2,(H,20,22)(H,19,21,23). The van der Waals surface area contributed by atoms with E-state index < -0.39 is 5.91 Å². The average Bonchev–Trinajstić information content (AvgIpc) is 3.12. The average molecular weight is 355 g/mol. The SMILES string of the molecule is O=C(Nc1nccs1)c1cc(OCCCc2ccccc2)[nH]c(=O)c1. The summed E-state index contributed by atoms with van der Waals surface area (Å²) < 4.78 is 5.59. The molecule has 0 unspecified atom stereocenters. The number of ether oxygens (including phenoxy) is 1. The van der Waals surface area contributed by atoms with Crippen molar-refractivity contribution < 1.29 is 9.53 Å². The van der Waals surface area contributed by atoms with Crippen LogP contribution in [0.4, 0.5) is 5.13 Å². The molecule has 25 heavy (non-hydrogen) atoms. The number of anilines is 1. The predicted molar refractivity (Wildman–Crippen MR) is 97.4 cm³/mol. The van der Waals surface area contributed by atoms with Gasteiger partial charge in [-0.25, -0.2) is 4.98 Å². The van der Waals surface area contributed by atoms with Gasteiger partial charge in [0.15, 0.2) is 11.0 Å². The quantitative estimate of drug-likeness (QED) is 0.638. The summed E-state index contributed by atoms with van der Waals surface area (Å²) in [6, 6.07) is 12.9. The van der Waals surface area contributed by atoms with Crippen LogP contribution in [0, 0.1) is 0 Å². The third-order valence-electron chi connectivity index (χ3n) is 3.44. The molecule has 0 radical (unpaired) electrons. The fourth-order valence-corrected chi connectivity index (χ4v) is 2.81. The summed E-state index contributed by atoms with van der Waals surface area (Å²) in [5.74, 6) is -0.111. The smallest absolute Gasteiger partial charge is 0.257 e.